The number of methoxy groups -OCH3 is 1. The van der Waals surface area contributed by atoms with E-state index in [1.165, 1.54) is 13.3 Å². The Labute approximate surface area is 193 Å². The van der Waals surface area contributed by atoms with Crippen molar-refractivity contribution in [1.29, 1.82) is 0 Å². The summed E-state index contributed by atoms with van der Waals surface area (Å²) < 4.78 is 53.5. The van der Waals surface area contributed by atoms with Crippen LogP contribution in [-0.2, 0) is 11.3 Å². The van der Waals surface area contributed by atoms with Gasteiger partial charge in [0.05, 0.1) is 25.8 Å². The number of hydrogen-bond donors (Lipinski definition) is 1. The molecule has 0 saturated carbocycles. The van der Waals surface area contributed by atoms with Crippen molar-refractivity contribution in [1.82, 2.24) is 14.8 Å². The number of pyridine rings is 1. The highest BCUT2D eigenvalue weighted by atomic mass is 19.1. The molecule has 1 N–H and O–H groups in total. The number of hydrogen-bond acceptors (Lipinski definition) is 5. The van der Waals surface area contributed by atoms with Crippen LogP contribution in [0.5, 0.6) is 5.75 Å². The van der Waals surface area contributed by atoms with Crippen LogP contribution in [0.15, 0.2) is 23.1 Å². The van der Waals surface area contributed by atoms with Crippen LogP contribution in [-0.4, -0.2) is 54.2 Å². The monoisotopic (exact) mass is 479 g/mol. The summed E-state index contributed by atoms with van der Waals surface area (Å²) in [5.41, 5.74) is -1.65. The van der Waals surface area contributed by atoms with Crippen LogP contribution in [0.25, 0.3) is 0 Å². The molecule has 34 heavy (non-hydrogen) atoms. The first kappa shape index (κ1) is 23.8. The molecule has 4 rings (SSSR count). The van der Waals surface area contributed by atoms with Gasteiger partial charge in [0.1, 0.15) is 23.0 Å². The van der Waals surface area contributed by atoms with Crippen molar-refractivity contribution < 1.29 is 32.2 Å². The lowest BCUT2D eigenvalue weighted by molar-refractivity contribution is -0.0190. The van der Waals surface area contributed by atoms with Crippen molar-refractivity contribution in [2.75, 3.05) is 26.9 Å². The van der Waals surface area contributed by atoms with Crippen LogP contribution in [0, 0.1) is 17.5 Å². The fourth-order valence-corrected chi connectivity index (χ4v) is 4.56. The molecule has 1 saturated heterocycles. The number of ether oxygens (including phenoxy) is 2. The summed E-state index contributed by atoms with van der Waals surface area (Å²) in [6.45, 7) is 2.55. The van der Waals surface area contributed by atoms with Crippen molar-refractivity contribution in [3.05, 3.63) is 62.8 Å². The number of amides is 2. The largest absolute Gasteiger partial charge is 0.491 e. The number of halogens is 3. The van der Waals surface area contributed by atoms with E-state index >= 15 is 0 Å². The molecule has 0 spiro atoms. The third-order valence-corrected chi connectivity index (χ3v) is 6.15. The zero-order valence-electron chi connectivity index (χ0n) is 18.7. The maximum Gasteiger partial charge on any atom is 0.274 e. The van der Waals surface area contributed by atoms with Gasteiger partial charge in [0.25, 0.3) is 11.8 Å². The Morgan fingerprint density at radius 1 is 1.21 bits per heavy atom. The molecule has 8 nitrogen and oxygen atoms in total. The van der Waals surface area contributed by atoms with Gasteiger partial charge in [-0.1, -0.05) is 6.92 Å². The van der Waals surface area contributed by atoms with E-state index in [4.69, 9.17) is 9.47 Å². The minimum atomic E-state index is -1.16. The van der Waals surface area contributed by atoms with E-state index in [9.17, 15) is 27.6 Å². The van der Waals surface area contributed by atoms with Gasteiger partial charge >= 0.3 is 0 Å². The molecule has 2 atom stereocenters. The highest BCUT2D eigenvalue weighted by Gasteiger charge is 2.43. The first-order chi connectivity index (χ1) is 16.3. The lowest BCUT2D eigenvalue weighted by Crippen LogP contribution is -2.56. The van der Waals surface area contributed by atoms with Gasteiger partial charge < -0.3 is 24.3 Å². The molecule has 0 bridgehead atoms. The van der Waals surface area contributed by atoms with Gasteiger partial charge in [-0.25, -0.2) is 13.2 Å². The first-order valence-electron chi connectivity index (χ1n) is 10.9. The van der Waals surface area contributed by atoms with Crippen molar-refractivity contribution in [2.24, 2.45) is 0 Å². The first-order valence-corrected chi connectivity index (χ1v) is 10.9. The van der Waals surface area contributed by atoms with Crippen LogP contribution in [0.4, 0.5) is 13.2 Å². The molecule has 1 aromatic heterocycles. The second-order valence-electron chi connectivity index (χ2n) is 8.19. The number of nitrogens with zero attached hydrogens (tertiary/aromatic N) is 2. The topological polar surface area (TPSA) is 89.9 Å². The summed E-state index contributed by atoms with van der Waals surface area (Å²) in [6, 6.07) is 0.473. The van der Waals surface area contributed by atoms with Gasteiger partial charge in [-0.05, 0) is 12.8 Å². The third-order valence-electron chi connectivity index (χ3n) is 6.15. The maximum atomic E-state index is 13.9. The molecule has 3 heterocycles. The lowest BCUT2D eigenvalue weighted by atomic mass is 9.95. The van der Waals surface area contributed by atoms with Crippen molar-refractivity contribution >= 4 is 11.8 Å². The minimum absolute atomic E-state index is 0.0521. The summed E-state index contributed by atoms with van der Waals surface area (Å²) in [5, 5.41) is 2.30. The van der Waals surface area contributed by atoms with Crippen LogP contribution in [0.2, 0.25) is 0 Å². The number of carbonyl (C=O) groups is 2. The summed E-state index contributed by atoms with van der Waals surface area (Å²) in [5.74, 6) is -4.99. The van der Waals surface area contributed by atoms with Crippen molar-refractivity contribution in [3.63, 3.8) is 0 Å². The lowest BCUT2D eigenvalue weighted by Gasteiger charge is -2.45. The average Bonchev–Trinajstić information content (AvgIpc) is 2.80. The van der Waals surface area contributed by atoms with Gasteiger partial charge in [-0.2, -0.15) is 0 Å². The Morgan fingerprint density at radius 2 is 1.91 bits per heavy atom. The van der Waals surface area contributed by atoms with E-state index in [0.29, 0.717) is 44.7 Å². The van der Waals surface area contributed by atoms with Crippen LogP contribution in [0.3, 0.4) is 0 Å². The molecular formula is C23H24F3N3O5. The Hall–Kier alpha value is -3.34. The van der Waals surface area contributed by atoms with Gasteiger partial charge in [0.15, 0.2) is 11.4 Å². The molecule has 1 aromatic carbocycles. The van der Waals surface area contributed by atoms with Crippen molar-refractivity contribution in [3.8, 4) is 5.75 Å². The zero-order valence-corrected chi connectivity index (χ0v) is 18.7. The van der Waals surface area contributed by atoms with Crippen LogP contribution >= 0.6 is 0 Å². The van der Waals surface area contributed by atoms with Crippen LogP contribution in [0.1, 0.15) is 52.2 Å². The molecule has 0 radical (unpaired) electrons. The number of benzene rings is 1. The fourth-order valence-electron chi connectivity index (χ4n) is 4.56. The van der Waals surface area contributed by atoms with E-state index in [2.05, 4.69) is 5.32 Å². The Bertz CT molecular complexity index is 1180. The van der Waals surface area contributed by atoms with Gasteiger partial charge in [0.2, 0.25) is 5.43 Å². The molecule has 1 fully saturated rings. The van der Waals surface area contributed by atoms with E-state index in [-0.39, 0.29) is 29.1 Å². The van der Waals surface area contributed by atoms with Crippen molar-refractivity contribution in [2.45, 2.75) is 38.4 Å². The molecule has 11 heteroatoms. The SMILES string of the molecule is CCCN1C(=O)c2c(OC)c(=O)c(C(=O)NCc3c(F)cc(F)cc3F)cn2[C@H]2CCOC[C@H]21. The molecule has 0 unspecified atom stereocenters. The summed E-state index contributed by atoms with van der Waals surface area (Å²) in [4.78, 5) is 40.9. The molecule has 2 amide bonds. The van der Waals surface area contributed by atoms with E-state index in [1.54, 1.807) is 9.47 Å². The third kappa shape index (κ3) is 4.04. The van der Waals surface area contributed by atoms with Gasteiger partial charge in [0, 0.05) is 43.6 Å². The molecule has 2 aromatic rings. The molecule has 2 aliphatic rings. The second kappa shape index (κ2) is 9.49. The standard InChI is InChI=1S/C23H24F3N3O5/c1-3-5-28-18-11-34-6-4-17(18)29-10-14(20(30)21(33-2)19(29)23(28)32)22(31)27-9-13-15(25)7-12(24)8-16(13)26/h7-8,10,17-18H,3-6,9,11H2,1-2H3,(H,27,31)/t17-,18+/m0/s1. The Kier molecular flexibility index (Phi) is 6.65. The number of nitrogens with one attached hydrogen (secondary N) is 1. The number of rotatable bonds is 6. The number of aromatic nitrogens is 1. The maximum absolute atomic E-state index is 13.9. The Balaban J connectivity index is 1.73. The van der Waals surface area contributed by atoms with E-state index in [1.807, 2.05) is 6.92 Å². The molecule has 182 valence electrons. The normalized spacial score (nSPS) is 19.4. The predicted molar refractivity (Wildman–Crippen MR) is 114 cm³/mol. The minimum Gasteiger partial charge on any atom is -0.491 e. The summed E-state index contributed by atoms with van der Waals surface area (Å²) in [6.07, 6.45) is 2.54. The second-order valence-corrected chi connectivity index (χ2v) is 8.19. The number of carbonyl (C=O) groups excluding carboxylic acids is 2. The smallest absolute Gasteiger partial charge is 0.274 e. The average molecular weight is 479 g/mol. The molecular weight excluding hydrogens is 455 g/mol. The Morgan fingerprint density at radius 3 is 2.56 bits per heavy atom. The highest BCUT2D eigenvalue weighted by Crippen LogP contribution is 2.35. The van der Waals surface area contributed by atoms with Crippen LogP contribution < -0.4 is 15.5 Å². The quantitative estimate of drug-likeness (QED) is 0.688. The van der Waals surface area contributed by atoms with E-state index in [0.717, 1.165) is 0 Å². The van der Waals surface area contributed by atoms with Gasteiger partial charge in [-0.3, -0.25) is 14.4 Å². The van der Waals surface area contributed by atoms with E-state index < -0.39 is 46.8 Å². The van der Waals surface area contributed by atoms with Gasteiger partial charge in [-0.15, -0.1) is 0 Å². The summed E-state index contributed by atoms with van der Waals surface area (Å²) >= 11 is 0. The molecule has 2 aliphatic heterocycles. The number of fused-ring (bicyclic) bond motifs is 3. The highest BCUT2D eigenvalue weighted by molar-refractivity contribution is 5.99. The summed E-state index contributed by atoms with van der Waals surface area (Å²) in [7, 11) is 1.23. The zero-order chi connectivity index (χ0) is 24.6. The molecule has 0 aliphatic carbocycles. The fraction of sp³-hybridized carbons (Fsp3) is 0.435. The predicted octanol–water partition coefficient (Wildman–Crippen LogP) is 2.40.